The summed E-state index contributed by atoms with van der Waals surface area (Å²) in [5.41, 5.74) is 2.53. The summed E-state index contributed by atoms with van der Waals surface area (Å²) in [7, 11) is 0. The second-order valence-electron chi connectivity index (χ2n) is 5.13. The van der Waals surface area contributed by atoms with E-state index < -0.39 is 0 Å². The molecule has 1 aliphatic rings. The van der Waals surface area contributed by atoms with Crippen LogP contribution in [0.5, 0.6) is 0 Å². The van der Waals surface area contributed by atoms with Crippen LogP contribution in [0.2, 0.25) is 0 Å². The third kappa shape index (κ3) is 2.43. The first kappa shape index (κ1) is 12.8. The number of anilines is 3. The molecule has 0 saturated carbocycles. The Morgan fingerprint density at radius 2 is 2.20 bits per heavy atom. The molecule has 1 aromatic heterocycles. The lowest BCUT2D eigenvalue weighted by atomic mass is 10.2. The predicted molar refractivity (Wildman–Crippen MR) is 80.4 cm³/mol. The van der Waals surface area contributed by atoms with E-state index in [1.165, 1.54) is 11.3 Å². The number of nitrogens with one attached hydrogen (secondary N) is 1. The molecule has 0 saturated heterocycles. The number of fused-ring (bicyclic) bond motifs is 1. The highest BCUT2D eigenvalue weighted by Gasteiger charge is 2.22. The van der Waals surface area contributed by atoms with Crippen molar-refractivity contribution in [2.75, 3.05) is 16.8 Å². The molecule has 0 bridgehead atoms. The molecule has 5 heteroatoms. The largest absolute Gasteiger partial charge is 0.366 e. The summed E-state index contributed by atoms with van der Waals surface area (Å²) in [6.45, 7) is 5.19. The van der Waals surface area contributed by atoms with Crippen LogP contribution in [0.4, 0.5) is 17.5 Å². The molecule has 0 radical (unpaired) electrons. The first-order valence-electron chi connectivity index (χ1n) is 7.09. The van der Waals surface area contributed by atoms with Crippen LogP contribution in [-0.2, 0) is 6.42 Å². The summed E-state index contributed by atoms with van der Waals surface area (Å²) in [5.74, 6) is 1.46. The Kier molecular flexibility index (Phi) is 3.50. The molecule has 2 heterocycles. The zero-order chi connectivity index (χ0) is 13.9. The fourth-order valence-electron chi connectivity index (χ4n) is 2.38. The quantitative estimate of drug-likeness (QED) is 0.925. The van der Waals surface area contributed by atoms with Crippen LogP contribution in [0.3, 0.4) is 0 Å². The zero-order valence-corrected chi connectivity index (χ0v) is 11.9. The van der Waals surface area contributed by atoms with E-state index in [0.29, 0.717) is 12.0 Å². The number of hydrogen-bond donors (Lipinski definition) is 1. The van der Waals surface area contributed by atoms with Crippen LogP contribution in [0.25, 0.3) is 0 Å². The van der Waals surface area contributed by atoms with Crippen LogP contribution < -0.4 is 10.2 Å². The highest BCUT2D eigenvalue weighted by Crippen LogP contribution is 2.32. The van der Waals surface area contributed by atoms with Crippen molar-refractivity contribution >= 4 is 17.5 Å². The lowest BCUT2D eigenvalue weighted by Gasteiger charge is -2.18. The molecule has 0 aliphatic carbocycles. The molecule has 2 aromatic rings. The fourth-order valence-corrected chi connectivity index (χ4v) is 2.38. The Morgan fingerprint density at radius 3 is 3.05 bits per heavy atom. The normalized spacial score (nSPS) is 15.0. The van der Waals surface area contributed by atoms with E-state index >= 15 is 0 Å². The van der Waals surface area contributed by atoms with Gasteiger partial charge in [0, 0.05) is 18.3 Å². The molecule has 0 amide bonds. The van der Waals surface area contributed by atoms with Gasteiger partial charge in [0.25, 0.3) is 5.95 Å². The van der Waals surface area contributed by atoms with E-state index in [0.717, 1.165) is 25.2 Å². The third-order valence-electron chi connectivity index (χ3n) is 3.68. The van der Waals surface area contributed by atoms with E-state index in [4.69, 9.17) is 0 Å². The molecule has 1 atom stereocenters. The van der Waals surface area contributed by atoms with Gasteiger partial charge in [-0.05, 0) is 31.4 Å². The van der Waals surface area contributed by atoms with Gasteiger partial charge in [-0.2, -0.15) is 10.1 Å². The van der Waals surface area contributed by atoms with Gasteiger partial charge in [-0.1, -0.05) is 25.1 Å². The van der Waals surface area contributed by atoms with Gasteiger partial charge in [-0.25, -0.2) is 0 Å². The molecular weight excluding hydrogens is 250 g/mol. The van der Waals surface area contributed by atoms with Crippen LogP contribution in [-0.4, -0.2) is 27.8 Å². The minimum atomic E-state index is 0.380. The summed E-state index contributed by atoms with van der Waals surface area (Å²) in [5, 5.41) is 11.6. The molecule has 3 rings (SSSR count). The Labute approximate surface area is 119 Å². The highest BCUT2D eigenvalue weighted by atomic mass is 15.3. The van der Waals surface area contributed by atoms with Gasteiger partial charge in [0.2, 0.25) is 0 Å². The summed E-state index contributed by atoms with van der Waals surface area (Å²) in [4.78, 5) is 6.71. The van der Waals surface area contributed by atoms with Gasteiger partial charge >= 0.3 is 0 Å². The van der Waals surface area contributed by atoms with Crippen molar-refractivity contribution in [3.8, 4) is 0 Å². The van der Waals surface area contributed by atoms with Crippen LogP contribution in [0.15, 0.2) is 30.5 Å². The van der Waals surface area contributed by atoms with Crippen molar-refractivity contribution in [2.24, 2.45) is 0 Å². The summed E-state index contributed by atoms with van der Waals surface area (Å²) >= 11 is 0. The van der Waals surface area contributed by atoms with Crippen LogP contribution in [0, 0.1) is 0 Å². The van der Waals surface area contributed by atoms with Crippen LogP contribution >= 0.6 is 0 Å². The minimum Gasteiger partial charge on any atom is -0.366 e. The van der Waals surface area contributed by atoms with Crippen molar-refractivity contribution in [1.82, 2.24) is 15.2 Å². The maximum Gasteiger partial charge on any atom is 0.251 e. The number of rotatable bonds is 4. The molecule has 20 heavy (non-hydrogen) atoms. The molecule has 1 N–H and O–H groups in total. The second-order valence-corrected chi connectivity index (χ2v) is 5.13. The SMILES string of the molecule is CCC(C)Nc1cnnc(N2CCc3ccccc32)n1. The fraction of sp³-hybridized carbons (Fsp3) is 0.400. The Hall–Kier alpha value is -2.17. The van der Waals surface area contributed by atoms with Gasteiger partial charge in [0.15, 0.2) is 5.82 Å². The van der Waals surface area contributed by atoms with E-state index in [9.17, 15) is 0 Å². The van der Waals surface area contributed by atoms with Crippen molar-refractivity contribution in [1.29, 1.82) is 0 Å². The molecule has 1 aliphatic heterocycles. The average Bonchev–Trinajstić information content (AvgIpc) is 2.91. The van der Waals surface area contributed by atoms with E-state index in [-0.39, 0.29) is 0 Å². The molecule has 5 nitrogen and oxygen atoms in total. The lowest BCUT2D eigenvalue weighted by Crippen LogP contribution is -2.20. The number of benzene rings is 1. The molecular formula is C15H19N5. The van der Waals surface area contributed by atoms with Crippen molar-refractivity contribution in [3.05, 3.63) is 36.0 Å². The Bertz CT molecular complexity index is 598. The monoisotopic (exact) mass is 269 g/mol. The standard InChI is InChI=1S/C15H19N5/c1-3-11(2)17-14-10-16-19-15(18-14)20-9-8-12-6-4-5-7-13(12)20/h4-7,10-11H,3,8-9H2,1-2H3,(H,17,18,19). The van der Waals surface area contributed by atoms with E-state index in [1.807, 2.05) is 6.07 Å². The summed E-state index contributed by atoms with van der Waals surface area (Å²) in [6, 6.07) is 8.77. The Morgan fingerprint density at radius 1 is 1.35 bits per heavy atom. The third-order valence-corrected chi connectivity index (χ3v) is 3.68. The first-order valence-corrected chi connectivity index (χ1v) is 7.09. The maximum absolute atomic E-state index is 4.58. The number of para-hydroxylation sites is 1. The average molecular weight is 269 g/mol. The van der Waals surface area contributed by atoms with Crippen molar-refractivity contribution < 1.29 is 0 Å². The van der Waals surface area contributed by atoms with Crippen molar-refractivity contribution in [2.45, 2.75) is 32.7 Å². The number of hydrogen-bond acceptors (Lipinski definition) is 5. The topological polar surface area (TPSA) is 53.9 Å². The zero-order valence-electron chi connectivity index (χ0n) is 11.9. The molecule has 1 aromatic carbocycles. The molecule has 0 spiro atoms. The van der Waals surface area contributed by atoms with Gasteiger partial charge in [0.1, 0.15) is 0 Å². The van der Waals surface area contributed by atoms with Gasteiger partial charge in [-0.15, -0.1) is 5.10 Å². The molecule has 0 fully saturated rings. The predicted octanol–water partition coefficient (Wildman–Crippen LogP) is 2.78. The minimum absolute atomic E-state index is 0.380. The number of nitrogens with zero attached hydrogens (tertiary/aromatic N) is 4. The van der Waals surface area contributed by atoms with Gasteiger partial charge in [0.05, 0.1) is 6.20 Å². The van der Waals surface area contributed by atoms with Gasteiger partial charge in [-0.3, -0.25) is 0 Å². The molecule has 104 valence electrons. The van der Waals surface area contributed by atoms with Gasteiger partial charge < -0.3 is 10.2 Å². The lowest BCUT2D eigenvalue weighted by molar-refractivity contribution is 0.753. The van der Waals surface area contributed by atoms with E-state index in [2.05, 4.69) is 57.4 Å². The molecule has 1 unspecified atom stereocenters. The van der Waals surface area contributed by atoms with Crippen molar-refractivity contribution in [3.63, 3.8) is 0 Å². The summed E-state index contributed by atoms with van der Waals surface area (Å²) < 4.78 is 0. The van der Waals surface area contributed by atoms with E-state index in [1.54, 1.807) is 6.20 Å². The van der Waals surface area contributed by atoms with Crippen LogP contribution in [0.1, 0.15) is 25.8 Å². The highest BCUT2D eigenvalue weighted by molar-refractivity contribution is 5.65. The smallest absolute Gasteiger partial charge is 0.251 e. The number of aromatic nitrogens is 3. The summed E-state index contributed by atoms with van der Waals surface area (Å²) in [6.07, 6.45) is 3.76. The second kappa shape index (κ2) is 5.45. The first-order chi connectivity index (χ1) is 9.78. The Balaban J connectivity index is 1.87. The maximum atomic E-state index is 4.58.